The van der Waals surface area contributed by atoms with Crippen molar-refractivity contribution in [2.75, 3.05) is 0 Å². The van der Waals surface area contributed by atoms with Gasteiger partial charge in [-0.2, -0.15) is 0 Å². The molecule has 1 N–H and O–H groups in total. The fraction of sp³-hybridized carbons (Fsp3) is 0. The zero-order valence-corrected chi connectivity index (χ0v) is 9.04. The van der Waals surface area contributed by atoms with E-state index >= 15 is 0 Å². The van der Waals surface area contributed by atoms with E-state index in [1.54, 1.807) is 12.4 Å². The Bertz CT molecular complexity index is 665. The number of hydrogen-bond donors (Lipinski definition) is 1. The van der Waals surface area contributed by atoms with Gasteiger partial charge in [0.1, 0.15) is 5.52 Å². The monoisotopic (exact) mass is 222 g/mol. The summed E-state index contributed by atoms with van der Waals surface area (Å²) in [5.74, 6) is 0.182. The Kier molecular flexibility index (Phi) is 2.22. The summed E-state index contributed by atoms with van der Waals surface area (Å²) < 4.78 is 0. The molecule has 3 aromatic rings. The van der Waals surface area contributed by atoms with Crippen LogP contribution in [-0.2, 0) is 0 Å². The highest BCUT2D eigenvalue weighted by atomic mass is 16.3. The second-order valence-electron chi connectivity index (χ2n) is 3.75. The lowest BCUT2D eigenvalue weighted by Crippen LogP contribution is -1.86. The van der Waals surface area contributed by atoms with Crippen molar-refractivity contribution in [3.63, 3.8) is 0 Å². The Morgan fingerprint density at radius 2 is 1.71 bits per heavy atom. The van der Waals surface area contributed by atoms with Crippen LogP contribution in [0.1, 0.15) is 0 Å². The van der Waals surface area contributed by atoms with Crippen LogP contribution in [-0.4, -0.2) is 15.1 Å². The van der Waals surface area contributed by atoms with Crippen molar-refractivity contribution in [1.29, 1.82) is 0 Å². The zero-order valence-electron chi connectivity index (χ0n) is 9.04. The maximum atomic E-state index is 10.2. The Morgan fingerprint density at radius 1 is 0.824 bits per heavy atom. The third-order valence-electron chi connectivity index (χ3n) is 2.69. The normalized spacial score (nSPS) is 10.6. The van der Waals surface area contributed by atoms with Gasteiger partial charge in [0, 0.05) is 23.3 Å². The fourth-order valence-corrected chi connectivity index (χ4v) is 1.86. The first-order chi connectivity index (χ1) is 8.36. The van der Waals surface area contributed by atoms with Crippen molar-refractivity contribution in [2.45, 2.75) is 0 Å². The standard InChI is InChI=1S/C14H10N2O/c17-14-11(12-5-1-2-8-15-12)7-6-10-4-3-9-16-13(10)14/h1-9,17H. The van der Waals surface area contributed by atoms with E-state index in [1.807, 2.05) is 42.5 Å². The molecule has 0 saturated carbocycles. The molecular formula is C14H10N2O. The Morgan fingerprint density at radius 3 is 2.53 bits per heavy atom. The van der Waals surface area contributed by atoms with Crippen LogP contribution in [0.4, 0.5) is 0 Å². The number of rotatable bonds is 1. The smallest absolute Gasteiger partial charge is 0.151 e. The van der Waals surface area contributed by atoms with E-state index in [1.165, 1.54) is 0 Å². The summed E-state index contributed by atoms with van der Waals surface area (Å²) in [6.07, 6.45) is 3.38. The van der Waals surface area contributed by atoms with Crippen LogP contribution >= 0.6 is 0 Å². The van der Waals surface area contributed by atoms with Crippen LogP contribution in [0.15, 0.2) is 54.9 Å². The molecule has 0 unspecified atom stereocenters. The molecule has 82 valence electrons. The molecular weight excluding hydrogens is 212 g/mol. The summed E-state index contributed by atoms with van der Waals surface area (Å²) in [5, 5.41) is 11.1. The lowest BCUT2D eigenvalue weighted by Gasteiger charge is -2.06. The van der Waals surface area contributed by atoms with E-state index in [4.69, 9.17) is 0 Å². The van der Waals surface area contributed by atoms with Crippen LogP contribution in [0, 0.1) is 0 Å². The second-order valence-corrected chi connectivity index (χ2v) is 3.75. The van der Waals surface area contributed by atoms with Crippen molar-refractivity contribution in [1.82, 2.24) is 9.97 Å². The highest BCUT2D eigenvalue weighted by molar-refractivity contribution is 5.91. The molecule has 0 bridgehead atoms. The van der Waals surface area contributed by atoms with Gasteiger partial charge in [-0.15, -0.1) is 0 Å². The summed E-state index contributed by atoms with van der Waals surface area (Å²) in [5.41, 5.74) is 2.06. The van der Waals surface area contributed by atoms with Gasteiger partial charge in [0.2, 0.25) is 0 Å². The SMILES string of the molecule is Oc1c(-c2ccccn2)ccc2cccnc12. The van der Waals surface area contributed by atoms with Crippen molar-refractivity contribution in [3.05, 3.63) is 54.9 Å². The van der Waals surface area contributed by atoms with Crippen LogP contribution in [0.5, 0.6) is 5.75 Å². The van der Waals surface area contributed by atoms with Crippen molar-refractivity contribution in [3.8, 4) is 17.0 Å². The molecule has 0 spiro atoms. The Labute approximate surface area is 98.4 Å². The van der Waals surface area contributed by atoms with E-state index < -0.39 is 0 Å². The molecule has 0 aliphatic carbocycles. The minimum Gasteiger partial charge on any atom is -0.505 e. The highest BCUT2D eigenvalue weighted by Gasteiger charge is 2.09. The van der Waals surface area contributed by atoms with Gasteiger partial charge in [-0.3, -0.25) is 9.97 Å². The van der Waals surface area contributed by atoms with Gasteiger partial charge in [-0.25, -0.2) is 0 Å². The van der Waals surface area contributed by atoms with Gasteiger partial charge in [-0.05, 0) is 24.3 Å². The number of phenols is 1. The number of aromatic hydroxyl groups is 1. The molecule has 0 atom stereocenters. The van der Waals surface area contributed by atoms with Crippen molar-refractivity contribution >= 4 is 10.9 Å². The first kappa shape index (κ1) is 9.78. The lowest BCUT2D eigenvalue weighted by molar-refractivity contribution is 0.482. The number of hydrogen-bond acceptors (Lipinski definition) is 3. The molecule has 3 heteroatoms. The minimum atomic E-state index is 0.182. The highest BCUT2D eigenvalue weighted by Crippen LogP contribution is 2.33. The van der Waals surface area contributed by atoms with Crippen LogP contribution in [0.25, 0.3) is 22.2 Å². The third kappa shape index (κ3) is 1.61. The topological polar surface area (TPSA) is 46.0 Å². The molecule has 0 amide bonds. The zero-order chi connectivity index (χ0) is 11.7. The summed E-state index contributed by atoms with van der Waals surface area (Å²) in [7, 11) is 0. The van der Waals surface area contributed by atoms with Crippen LogP contribution in [0.3, 0.4) is 0 Å². The fourth-order valence-electron chi connectivity index (χ4n) is 1.86. The molecule has 0 aliphatic heterocycles. The number of phenolic OH excluding ortho intramolecular Hbond substituents is 1. The molecule has 2 heterocycles. The lowest BCUT2D eigenvalue weighted by atomic mass is 10.1. The maximum Gasteiger partial charge on any atom is 0.151 e. The van der Waals surface area contributed by atoms with Crippen LogP contribution in [0.2, 0.25) is 0 Å². The third-order valence-corrected chi connectivity index (χ3v) is 2.69. The average Bonchev–Trinajstić information content (AvgIpc) is 2.40. The van der Waals surface area contributed by atoms with Gasteiger partial charge in [0.05, 0.1) is 5.69 Å². The number of benzene rings is 1. The molecule has 3 rings (SSSR count). The number of pyridine rings is 2. The van der Waals surface area contributed by atoms with E-state index in [0.29, 0.717) is 11.1 Å². The Balaban J connectivity index is 2.29. The van der Waals surface area contributed by atoms with E-state index in [9.17, 15) is 5.11 Å². The number of aromatic nitrogens is 2. The van der Waals surface area contributed by atoms with Crippen molar-refractivity contribution in [2.24, 2.45) is 0 Å². The van der Waals surface area contributed by atoms with Gasteiger partial charge in [-0.1, -0.05) is 18.2 Å². The summed E-state index contributed by atoms with van der Waals surface area (Å²) in [6, 6.07) is 13.2. The van der Waals surface area contributed by atoms with E-state index in [-0.39, 0.29) is 5.75 Å². The molecule has 2 aromatic heterocycles. The predicted molar refractivity (Wildman–Crippen MR) is 66.6 cm³/mol. The van der Waals surface area contributed by atoms with E-state index in [0.717, 1.165) is 11.1 Å². The number of fused-ring (bicyclic) bond motifs is 1. The van der Waals surface area contributed by atoms with Crippen LogP contribution < -0.4 is 0 Å². The summed E-state index contributed by atoms with van der Waals surface area (Å²) in [4.78, 5) is 8.42. The molecule has 3 nitrogen and oxygen atoms in total. The van der Waals surface area contributed by atoms with Crippen molar-refractivity contribution < 1.29 is 5.11 Å². The predicted octanol–water partition coefficient (Wildman–Crippen LogP) is 3.00. The van der Waals surface area contributed by atoms with Gasteiger partial charge in [0.15, 0.2) is 5.75 Å². The molecule has 0 fully saturated rings. The first-order valence-electron chi connectivity index (χ1n) is 5.34. The second kappa shape index (κ2) is 3.87. The quantitative estimate of drug-likeness (QED) is 0.688. The average molecular weight is 222 g/mol. The summed E-state index contributed by atoms with van der Waals surface area (Å²) >= 11 is 0. The number of nitrogens with zero attached hydrogens (tertiary/aromatic N) is 2. The first-order valence-corrected chi connectivity index (χ1v) is 5.34. The molecule has 0 aliphatic rings. The van der Waals surface area contributed by atoms with Gasteiger partial charge in [0.25, 0.3) is 0 Å². The van der Waals surface area contributed by atoms with E-state index in [2.05, 4.69) is 9.97 Å². The molecule has 0 saturated heterocycles. The molecule has 0 radical (unpaired) electrons. The largest absolute Gasteiger partial charge is 0.505 e. The minimum absolute atomic E-state index is 0.182. The summed E-state index contributed by atoms with van der Waals surface area (Å²) in [6.45, 7) is 0. The maximum absolute atomic E-state index is 10.2. The van der Waals surface area contributed by atoms with Gasteiger partial charge < -0.3 is 5.11 Å². The van der Waals surface area contributed by atoms with Gasteiger partial charge >= 0.3 is 0 Å². The molecule has 1 aromatic carbocycles. The molecule has 17 heavy (non-hydrogen) atoms. The Hall–Kier alpha value is -2.42.